The lowest BCUT2D eigenvalue weighted by atomic mass is 9.93. The van der Waals surface area contributed by atoms with Crippen molar-refractivity contribution >= 4 is 85.6 Å². The third-order valence-corrected chi connectivity index (χ3v) is 13.7. The van der Waals surface area contributed by atoms with Crippen molar-refractivity contribution in [1.29, 1.82) is 0 Å². The quantitative estimate of drug-likeness (QED) is 0.163. The third-order valence-electron chi connectivity index (χ3n) is 12.4. The highest BCUT2D eigenvalue weighted by atomic mass is 32.1. The molecule has 0 N–H and O–H groups in total. The summed E-state index contributed by atoms with van der Waals surface area (Å²) in [6, 6.07) is 73.8. The molecule has 0 aliphatic heterocycles. The van der Waals surface area contributed by atoms with Crippen LogP contribution in [-0.4, -0.2) is 19.5 Å². The van der Waals surface area contributed by atoms with E-state index in [1.54, 1.807) is 11.3 Å². The van der Waals surface area contributed by atoms with Crippen molar-refractivity contribution in [3.8, 4) is 51.0 Å². The summed E-state index contributed by atoms with van der Waals surface area (Å²) in [4.78, 5) is 15.8. The molecule has 0 amide bonds. The molecule has 13 rings (SSSR count). The van der Waals surface area contributed by atoms with Crippen molar-refractivity contribution in [1.82, 2.24) is 19.5 Å². The van der Waals surface area contributed by atoms with Crippen molar-refractivity contribution in [3.05, 3.63) is 206 Å². The molecule has 0 bridgehead atoms. The van der Waals surface area contributed by atoms with Crippen LogP contribution >= 0.6 is 11.3 Å². The van der Waals surface area contributed by atoms with Gasteiger partial charge in [0.05, 0.1) is 16.7 Å². The van der Waals surface area contributed by atoms with Crippen LogP contribution in [0.3, 0.4) is 0 Å². The molecular weight excluding hydrogens is 773 g/mol. The van der Waals surface area contributed by atoms with Crippen LogP contribution in [0.4, 0.5) is 0 Å². The predicted molar refractivity (Wildman–Crippen MR) is 261 cm³/mol. The highest BCUT2D eigenvalue weighted by Crippen LogP contribution is 2.46. The molecule has 0 unspecified atom stereocenters. The molecular formula is C57H34N4S. The van der Waals surface area contributed by atoms with E-state index in [0.717, 1.165) is 27.1 Å². The Morgan fingerprint density at radius 3 is 1.53 bits per heavy atom. The number of benzene rings is 10. The molecule has 0 aliphatic rings. The van der Waals surface area contributed by atoms with E-state index in [-0.39, 0.29) is 0 Å². The molecule has 13 aromatic rings. The molecule has 10 aromatic carbocycles. The second-order valence-electron chi connectivity index (χ2n) is 15.9. The summed E-state index contributed by atoms with van der Waals surface area (Å²) in [6.45, 7) is 0. The molecule has 4 nitrogen and oxygen atoms in total. The lowest BCUT2D eigenvalue weighted by molar-refractivity contribution is 1.08. The topological polar surface area (TPSA) is 43.6 Å². The van der Waals surface area contributed by atoms with E-state index in [0.29, 0.717) is 17.5 Å². The maximum absolute atomic E-state index is 5.34. The second kappa shape index (κ2) is 13.8. The maximum Gasteiger partial charge on any atom is 0.165 e. The molecule has 0 saturated heterocycles. The SMILES string of the molecule is c1ccc(-c2nc(-c3ccc4c5ccccc5c5ccccc5c4c3)nc(-c3cccc4c3sc3cccc(-c5ccccc5-n5c6ccccc6c6ccccc65)c34)n2)cc1. The summed E-state index contributed by atoms with van der Waals surface area (Å²) in [7, 11) is 0. The minimum atomic E-state index is 0.645. The van der Waals surface area contributed by atoms with Gasteiger partial charge in [0, 0.05) is 53.2 Å². The van der Waals surface area contributed by atoms with Crippen LogP contribution in [0, 0.1) is 0 Å². The zero-order valence-corrected chi connectivity index (χ0v) is 34.1. The van der Waals surface area contributed by atoms with Gasteiger partial charge in [0.25, 0.3) is 0 Å². The standard InChI is InChI=1S/C57H34N4S/c1-2-16-35(17-3-1)55-58-56(36-32-33-41-39-20-5-4-18-37(39)38-19-6-7-21-40(38)48(41)34-36)60-57(59-55)47-27-14-26-46-53-45(25-15-31-52(53)62-54(46)47)44-24-10-13-30-51(44)61-49-28-11-8-22-42(49)43-23-9-12-29-50(43)61/h1-34H. The van der Waals surface area contributed by atoms with E-state index < -0.39 is 0 Å². The highest BCUT2D eigenvalue weighted by molar-refractivity contribution is 7.26. The summed E-state index contributed by atoms with van der Waals surface area (Å²) < 4.78 is 4.79. The molecule has 0 saturated carbocycles. The molecule has 0 fully saturated rings. The normalized spacial score (nSPS) is 11.9. The van der Waals surface area contributed by atoms with Gasteiger partial charge in [0.2, 0.25) is 0 Å². The van der Waals surface area contributed by atoms with Crippen LogP contribution in [0.1, 0.15) is 0 Å². The fourth-order valence-corrected chi connectivity index (χ4v) is 11.0. The Balaban J connectivity index is 1.02. The fourth-order valence-electron chi connectivity index (χ4n) is 9.72. The van der Waals surface area contributed by atoms with E-state index in [9.17, 15) is 0 Å². The molecule has 0 spiro atoms. The van der Waals surface area contributed by atoms with Gasteiger partial charge in [0.1, 0.15) is 0 Å². The van der Waals surface area contributed by atoms with Gasteiger partial charge in [-0.15, -0.1) is 11.3 Å². The van der Waals surface area contributed by atoms with E-state index in [1.165, 1.54) is 80.7 Å². The smallest absolute Gasteiger partial charge is 0.165 e. The Labute approximate surface area is 360 Å². The van der Waals surface area contributed by atoms with Crippen molar-refractivity contribution < 1.29 is 0 Å². The number of hydrogen-bond donors (Lipinski definition) is 0. The summed E-state index contributed by atoms with van der Waals surface area (Å²) in [5, 5.41) is 12.3. The Morgan fingerprint density at radius 1 is 0.323 bits per heavy atom. The Morgan fingerprint density at radius 2 is 0.823 bits per heavy atom. The zero-order valence-electron chi connectivity index (χ0n) is 33.3. The predicted octanol–water partition coefficient (Wildman–Crippen LogP) is 15.5. The molecule has 3 heterocycles. The first-order chi connectivity index (χ1) is 30.8. The minimum Gasteiger partial charge on any atom is -0.309 e. The zero-order chi connectivity index (χ0) is 40.7. The molecule has 0 aliphatic carbocycles. The number of para-hydroxylation sites is 3. The summed E-state index contributed by atoms with van der Waals surface area (Å²) in [5.41, 5.74) is 8.80. The van der Waals surface area contributed by atoms with E-state index >= 15 is 0 Å². The van der Waals surface area contributed by atoms with Crippen LogP contribution < -0.4 is 0 Å². The lowest BCUT2D eigenvalue weighted by Gasteiger charge is -2.15. The van der Waals surface area contributed by atoms with Crippen molar-refractivity contribution in [2.75, 3.05) is 0 Å². The van der Waals surface area contributed by atoms with E-state index in [4.69, 9.17) is 15.0 Å². The monoisotopic (exact) mass is 806 g/mol. The number of aromatic nitrogens is 4. The first-order valence-corrected chi connectivity index (χ1v) is 21.8. The molecule has 3 aromatic heterocycles. The lowest BCUT2D eigenvalue weighted by Crippen LogP contribution is -2.00. The summed E-state index contributed by atoms with van der Waals surface area (Å²) >= 11 is 1.80. The van der Waals surface area contributed by atoms with Gasteiger partial charge < -0.3 is 4.57 Å². The number of hydrogen-bond acceptors (Lipinski definition) is 4. The summed E-state index contributed by atoms with van der Waals surface area (Å²) in [5.74, 6) is 1.95. The van der Waals surface area contributed by atoms with Crippen molar-refractivity contribution in [3.63, 3.8) is 0 Å². The van der Waals surface area contributed by atoms with Gasteiger partial charge in [-0.1, -0.05) is 170 Å². The molecule has 62 heavy (non-hydrogen) atoms. The van der Waals surface area contributed by atoms with Crippen LogP contribution in [0.25, 0.3) is 125 Å². The first-order valence-electron chi connectivity index (χ1n) is 20.9. The number of nitrogens with zero attached hydrogens (tertiary/aromatic N) is 4. The Hall–Kier alpha value is -7.99. The number of rotatable bonds is 5. The van der Waals surface area contributed by atoms with Crippen molar-refractivity contribution in [2.24, 2.45) is 0 Å². The van der Waals surface area contributed by atoms with Gasteiger partial charge in [-0.05, 0) is 74.3 Å². The average molecular weight is 807 g/mol. The van der Waals surface area contributed by atoms with E-state index in [1.807, 2.05) is 18.2 Å². The van der Waals surface area contributed by atoms with Crippen LogP contribution in [-0.2, 0) is 0 Å². The molecule has 5 heteroatoms. The largest absolute Gasteiger partial charge is 0.309 e. The van der Waals surface area contributed by atoms with Gasteiger partial charge in [-0.25, -0.2) is 15.0 Å². The second-order valence-corrected chi connectivity index (χ2v) is 16.9. The maximum atomic E-state index is 5.34. The van der Waals surface area contributed by atoms with Gasteiger partial charge in [-0.2, -0.15) is 0 Å². The van der Waals surface area contributed by atoms with Crippen LogP contribution in [0.15, 0.2) is 206 Å². The minimum absolute atomic E-state index is 0.645. The Kier molecular flexibility index (Phi) is 7.74. The van der Waals surface area contributed by atoms with Gasteiger partial charge >= 0.3 is 0 Å². The highest BCUT2D eigenvalue weighted by Gasteiger charge is 2.21. The molecule has 288 valence electrons. The van der Waals surface area contributed by atoms with Crippen LogP contribution in [0.5, 0.6) is 0 Å². The van der Waals surface area contributed by atoms with Gasteiger partial charge in [0.15, 0.2) is 17.5 Å². The molecule has 0 radical (unpaired) electrons. The Bertz CT molecular complexity index is 3850. The van der Waals surface area contributed by atoms with E-state index in [2.05, 4.69) is 193 Å². The summed E-state index contributed by atoms with van der Waals surface area (Å²) in [6.07, 6.45) is 0. The fraction of sp³-hybridized carbons (Fsp3) is 0. The van der Waals surface area contributed by atoms with Crippen LogP contribution in [0.2, 0.25) is 0 Å². The third kappa shape index (κ3) is 5.29. The molecule has 0 atom stereocenters. The average Bonchev–Trinajstić information content (AvgIpc) is 3.90. The van der Waals surface area contributed by atoms with Crippen molar-refractivity contribution in [2.45, 2.75) is 0 Å². The first kappa shape index (κ1) is 34.8. The number of fused-ring (bicyclic) bond motifs is 12. The van der Waals surface area contributed by atoms with Gasteiger partial charge in [-0.3, -0.25) is 0 Å². The number of thiophene rings is 1.